The van der Waals surface area contributed by atoms with Crippen molar-refractivity contribution in [3.8, 4) is 0 Å². The molecule has 0 heterocycles. The molecule has 27 heavy (non-hydrogen) atoms. The van der Waals surface area contributed by atoms with Gasteiger partial charge in [0.25, 0.3) is 0 Å². The van der Waals surface area contributed by atoms with Crippen LogP contribution in [0.4, 0.5) is 0 Å². The van der Waals surface area contributed by atoms with Gasteiger partial charge in [0.1, 0.15) is 0 Å². The van der Waals surface area contributed by atoms with Crippen molar-refractivity contribution in [3.63, 3.8) is 0 Å². The molecule has 0 atom stereocenters. The van der Waals surface area contributed by atoms with Crippen LogP contribution >= 0.6 is 36.1 Å². The maximum atomic E-state index is 2.45. The Morgan fingerprint density at radius 2 is 1.56 bits per heavy atom. The zero-order chi connectivity index (χ0) is 20.4. The molecule has 3 heteroatoms. The second kappa shape index (κ2) is 13.7. The molecule has 0 unspecified atom stereocenters. The molecule has 0 saturated heterocycles. The minimum atomic E-state index is 0.170. The number of benzene rings is 1. The quantitative estimate of drug-likeness (QED) is 0.193. The van der Waals surface area contributed by atoms with Gasteiger partial charge in [0.2, 0.25) is 0 Å². The van der Waals surface area contributed by atoms with Crippen LogP contribution in [0.5, 0.6) is 0 Å². The van der Waals surface area contributed by atoms with E-state index in [0.717, 1.165) is 0 Å². The summed E-state index contributed by atoms with van der Waals surface area (Å²) < 4.78 is 0. The van der Waals surface area contributed by atoms with Crippen molar-refractivity contribution in [2.75, 3.05) is 0 Å². The molecule has 0 N–H and O–H groups in total. The van der Waals surface area contributed by atoms with E-state index in [1.54, 1.807) is 5.56 Å². The van der Waals surface area contributed by atoms with Crippen molar-refractivity contribution in [2.45, 2.75) is 67.2 Å². The van der Waals surface area contributed by atoms with Gasteiger partial charge in [-0.1, -0.05) is 66.9 Å². The second-order valence-corrected chi connectivity index (χ2v) is 26.0. The third-order valence-electron chi connectivity index (χ3n) is 5.31. The van der Waals surface area contributed by atoms with E-state index in [2.05, 4.69) is 114 Å². The van der Waals surface area contributed by atoms with Gasteiger partial charge in [0, 0.05) is 0 Å². The molecule has 0 aliphatic carbocycles. The molecule has 0 aliphatic heterocycles. The Balaban J connectivity index is 0.000000236. The summed E-state index contributed by atoms with van der Waals surface area (Å²) >= 11 is 5.06. The Bertz CT molecular complexity index is 753. The summed E-state index contributed by atoms with van der Waals surface area (Å²) in [7, 11) is 0. The predicted molar refractivity (Wildman–Crippen MR) is 137 cm³/mol. The van der Waals surface area contributed by atoms with Gasteiger partial charge >= 0.3 is 50.9 Å². The monoisotopic (exact) mass is 664 g/mol. The average molecular weight is 666 g/mol. The number of rotatable bonds is 4. The molecule has 0 bridgehead atoms. The standard InChI is InChI=1S/C12H13.C12H19.2HI.Zr/c1-2-5-10-8-11-6-3-4-7-12(11)9-10;1-6-7-12-10(4)8(2)9(3)11(12)5;;;/h3-4,6-9H,2,5H2,1H3;6-7H2,1-5H3;2*1H;/q2*-1;;;+4/p-2. The van der Waals surface area contributed by atoms with E-state index in [-0.39, 0.29) is 14.9 Å². The Hall–Kier alpha value is 0.523. The molecule has 3 aromatic carbocycles. The summed E-state index contributed by atoms with van der Waals surface area (Å²) in [6.45, 7) is 13.4. The van der Waals surface area contributed by atoms with Crippen molar-refractivity contribution in [3.05, 3.63) is 69.8 Å². The van der Waals surface area contributed by atoms with Crippen LogP contribution in [-0.4, -0.2) is 0 Å². The Morgan fingerprint density at radius 1 is 0.963 bits per heavy atom. The van der Waals surface area contributed by atoms with E-state index >= 15 is 0 Å². The van der Waals surface area contributed by atoms with Crippen LogP contribution in [-0.2, 0) is 27.7 Å². The number of fused-ring (bicyclic) bond motifs is 1. The second-order valence-electron chi connectivity index (χ2n) is 7.04. The van der Waals surface area contributed by atoms with Gasteiger partial charge in [0.15, 0.2) is 0 Å². The summed E-state index contributed by atoms with van der Waals surface area (Å²) in [6, 6.07) is 13.1. The summed E-state index contributed by atoms with van der Waals surface area (Å²) in [4.78, 5) is 0. The number of aryl methyl sites for hydroxylation is 1. The third-order valence-corrected chi connectivity index (χ3v) is 5.31. The molecular weight excluding hydrogens is 633 g/mol. The van der Waals surface area contributed by atoms with Crippen LogP contribution < -0.4 is 0 Å². The molecule has 0 fully saturated rings. The SMILES string of the molecule is CCCc1c(C)c(C)c(C)[c-]1C.CCCc1cc2ccccc2[cH-]1.[I][Zr+2][I]. The van der Waals surface area contributed by atoms with E-state index in [4.69, 9.17) is 0 Å². The van der Waals surface area contributed by atoms with E-state index in [0.29, 0.717) is 0 Å². The first-order valence-electron chi connectivity index (χ1n) is 9.73. The van der Waals surface area contributed by atoms with Gasteiger partial charge in [0.05, 0.1) is 0 Å². The normalized spacial score (nSPS) is 9.93. The molecule has 0 aromatic heterocycles. The van der Waals surface area contributed by atoms with Crippen LogP contribution in [0.15, 0.2) is 36.4 Å². The molecular formula is C24H32I2Zr. The van der Waals surface area contributed by atoms with Crippen molar-refractivity contribution >= 4 is 46.9 Å². The first-order chi connectivity index (χ1) is 12.9. The molecule has 0 radical (unpaired) electrons. The summed E-state index contributed by atoms with van der Waals surface area (Å²) in [5.74, 6) is 0. The molecule has 146 valence electrons. The van der Waals surface area contributed by atoms with Gasteiger partial charge in [-0.15, -0.1) is 40.6 Å². The minimum absolute atomic E-state index is 0.170. The number of hydrogen-bond donors (Lipinski definition) is 0. The van der Waals surface area contributed by atoms with Crippen LogP contribution in [0.1, 0.15) is 60.1 Å². The molecule has 0 nitrogen and oxygen atoms in total. The van der Waals surface area contributed by atoms with Gasteiger partial charge in [-0.3, -0.25) is 0 Å². The zero-order valence-corrected chi connectivity index (χ0v) is 24.3. The van der Waals surface area contributed by atoms with Gasteiger partial charge in [-0.25, -0.2) is 0 Å². The average Bonchev–Trinajstić information content (AvgIpc) is 3.14. The van der Waals surface area contributed by atoms with Crippen molar-refractivity contribution in [1.29, 1.82) is 0 Å². The Labute approximate surface area is 196 Å². The van der Waals surface area contributed by atoms with E-state index in [9.17, 15) is 0 Å². The number of hydrogen-bond acceptors (Lipinski definition) is 0. The first kappa shape index (κ1) is 25.6. The molecule has 0 saturated carbocycles. The van der Waals surface area contributed by atoms with Crippen LogP contribution in [0, 0.1) is 27.7 Å². The topological polar surface area (TPSA) is 0 Å². The van der Waals surface area contributed by atoms with Gasteiger partial charge < -0.3 is 0 Å². The summed E-state index contributed by atoms with van der Waals surface area (Å²) in [5, 5.41) is 2.75. The zero-order valence-electron chi connectivity index (χ0n) is 17.5. The van der Waals surface area contributed by atoms with Gasteiger partial charge in [-0.05, 0) is 6.42 Å². The Kier molecular flexibility index (Phi) is 13.0. The molecule has 3 aromatic rings. The fourth-order valence-electron chi connectivity index (χ4n) is 3.57. The number of halogens is 2. The fourth-order valence-corrected chi connectivity index (χ4v) is 3.57. The van der Waals surface area contributed by atoms with Crippen molar-refractivity contribution in [1.82, 2.24) is 0 Å². The molecule has 0 amide bonds. The molecule has 3 rings (SSSR count). The third kappa shape index (κ3) is 7.70. The van der Waals surface area contributed by atoms with Crippen LogP contribution in [0.2, 0.25) is 0 Å². The van der Waals surface area contributed by atoms with E-state index in [1.165, 1.54) is 64.3 Å². The predicted octanol–water partition coefficient (Wildman–Crippen LogP) is 8.87. The van der Waals surface area contributed by atoms with E-state index in [1.807, 2.05) is 0 Å². The first-order valence-corrected chi connectivity index (χ1v) is 24.4. The maximum absolute atomic E-state index is 2.45. The van der Waals surface area contributed by atoms with Crippen LogP contribution in [0.25, 0.3) is 10.8 Å². The van der Waals surface area contributed by atoms with E-state index < -0.39 is 0 Å². The van der Waals surface area contributed by atoms with Crippen molar-refractivity contribution < 1.29 is 14.9 Å². The fraction of sp³-hybridized carbons (Fsp3) is 0.417. The van der Waals surface area contributed by atoms with Gasteiger partial charge in [-0.2, -0.15) is 33.9 Å². The molecule has 0 aliphatic rings. The summed E-state index contributed by atoms with van der Waals surface area (Å²) in [5.41, 5.74) is 9.09. The summed E-state index contributed by atoms with van der Waals surface area (Å²) in [6.07, 6.45) is 4.93. The Morgan fingerprint density at radius 3 is 2.04 bits per heavy atom. The van der Waals surface area contributed by atoms with Crippen molar-refractivity contribution in [2.24, 2.45) is 0 Å². The van der Waals surface area contributed by atoms with Crippen LogP contribution in [0.3, 0.4) is 0 Å². The molecule has 0 spiro atoms.